The Hall–Kier alpha value is -2.35. The maximum Gasteiger partial charge on any atom is 0.250 e. The first-order valence-corrected chi connectivity index (χ1v) is 7.15. The highest BCUT2D eigenvalue weighted by Gasteiger charge is 2.07. The van der Waals surface area contributed by atoms with Gasteiger partial charge in [-0.3, -0.25) is 4.79 Å². The van der Waals surface area contributed by atoms with Gasteiger partial charge in [-0.15, -0.1) is 10.2 Å². The average molecular weight is 305 g/mol. The number of aromatic nitrogens is 3. The molecule has 1 aromatic heterocycles. The molecule has 7 nitrogen and oxygen atoms in total. The lowest BCUT2D eigenvalue weighted by Crippen LogP contribution is -2.21. The van der Waals surface area contributed by atoms with Gasteiger partial charge in [-0.2, -0.15) is 5.10 Å². The van der Waals surface area contributed by atoms with Crippen LogP contribution in [0.25, 0.3) is 0 Å². The van der Waals surface area contributed by atoms with Crippen molar-refractivity contribution in [2.45, 2.75) is 12.1 Å². The van der Waals surface area contributed by atoms with Crippen molar-refractivity contribution in [1.82, 2.24) is 20.2 Å². The fraction of sp³-hybridized carbons (Fsp3) is 0.231. The normalized spacial score (nSPS) is 11.4. The first kappa shape index (κ1) is 15.0. The van der Waals surface area contributed by atoms with Crippen LogP contribution in [0, 0.1) is 0 Å². The van der Waals surface area contributed by atoms with E-state index in [0.717, 1.165) is 0 Å². The summed E-state index contributed by atoms with van der Waals surface area (Å²) >= 11 is 1.27. The minimum Gasteiger partial charge on any atom is -0.507 e. The first-order chi connectivity index (χ1) is 10.1. The highest BCUT2D eigenvalue weighted by atomic mass is 32.2. The van der Waals surface area contributed by atoms with Crippen LogP contribution in [0.1, 0.15) is 12.5 Å². The molecule has 2 aromatic rings. The molecule has 0 aliphatic carbocycles. The van der Waals surface area contributed by atoms with Crippen LogP contribution in [-0.2, 0) is 11.8 Å². The van der Waals surface area contributed by atoms with Crippen LogP contribution in [0.3, 0.4) is 0 Å². The molecule has 0 saturated heterocycles. The third-order valence-electron chi connectivity index (χ3n) is 2.64. The van der Waals surface area contributed by atoms with Gasteiger partial charge in [0.15, 0.2) is 5.16 Å². The van der Waals surface area contributed by atoms with Gasteiger partial charge >= 0.3 is 0 Å². The molecule has 0 fully saturated rings. The molecular formula is C13H15N5O2S. The second-order valence-electron chi connectivity index (χ2n) is 4.26. The van der Waals surface area contributed by atoms with E-state index >= 15 is 0 Å². The molecule has 0 spiro atoms. The number of phenols is 1. The zero-order valence-electron chi connectivity index (χ0n) is 11.6. The Morgan fingerprint density at radius 2 is 2.24 bits per heavy atom. The van der Waals surface area contributed by atoms with E-state index in [1.807, 2.05) is 0 Å². The summed E-state index contributed by atoms with van der Waals surface area (Å²) < 4.78 is 1.73. The van der Waals surface area contributed by atoms with Gasteiger partial charge in [0.1, 0.15) is 12.1 Å². The van der Waals surface area contributed by atoms with Gasteiger partial charge in [0.05, 0.1) is 11.5 Å². The molecule has 0 aliphatic rings. The number of nitrogens with zero attached hydrogens (tertiary/aromatic N) is 4. The van der Waals surface area contributed by atoms with Crippen LogP contribution in [0.4, 0.5) is 0 Å². The molecule has 1 heterocycles. The fourth-order valence-corrected chi connectivity index (χ4v) is 2.23. The molecule has 21 heavy (non-hydrogen) atoms. The van der Waals surface area contributed by atoms with Crippen molar-refractivity contribution in [3.05, 3.63) is 36.2 Å². The van der Waals surface area contributed by atoms with Gasteiger partial charge in [-0.05, 0) is 19.1 Å². The molecule has 8 heteroatoms. The number of nitrogens with one attached hydrogen (secondary N) is 1. The second-order valence-corrected chi connectivity index (χ2v) is 5.20. The van der Waals surface area contributed by atoms with E-state index in [-0.39, 0.29) is 17.4 Å². The summed E-state index contributed by atoms with van der Waals surface area (Å²) in [5, 5.41) is 21.9. The summed E-state index contributed by atoms with van der Waals surface area (Å²) in [6, 6.07) is 6.82. The zero-order valence-corrected chi connectivity index (χ0v) is 12.5. The van der Waals surface area contributed by atoms with Gasteiger partial charge < -0.3 is 9.67 Å². The summed E-state index contributed by atoms with van der Waals surface area (Å²) in [4.78, 5) is 11.7. The maximum absolute atomic E-state index is 11.7. The number of rotatable bonds is 5. The number of carbonyl (C=O) groups excluding carboxylic acids is 1. The molecule has 110 valence electrons. The summed E-state index contributed by atoms with van der Waals surface area (Å²) in [6.07, 6.45) is 1.57. The highest BCUT2D eigenvalue weighted by molar-refractivity contribution is 7.99. The molecular weight excluding hydrogens is 290 g/mol. The van der Waals surface area contributed by atoms with Crippen molar-refractivity contribution < 1.29 is 9.90 Å². The Bertz CT molecular complexity index is 668. The van der Waals surface area contributed by atoms with Crippen molar-refractivity contribution in [2.24, 2.45) is 12.1 Å². The molecule has 1 aromatic carbocycles. The standard InChI is InChI=1S/C13H15N5O2S/c1-9(10-5-3-4-6-11(10)19)15-16-12(20)7-21-13-17-14-8-18(13)2/h3-6,8,19H,7H2,1-2H3,(H,16,20). The van der Waals surface area contributed by atoms with Crippen LogP contribution in [-0.4, -0.2) is 37.2 Å². The number of phenolic OH excluding ortho intramolecular Hbond substituents is 1. The summed E-state index contributed by atoms with van der Waals surface area (Å²) in [6.45, 7) is 1.71. The van der Waals surface area contributed by atoms with E-state index in [4.69, 9.17) is 0 Å². The monoisotopic (exact) mass is 305 g/mol. The van der Waals surface area contributed by atoms with Gasteiger partial charge in [0.2, 0.25) is 0 Å². The predicted molar refractivity (Wildman–Crippen MR) is 80.2 cm³/mol. The van der Waals surface area contributed by atoms with E-state index in [1.165, 1.54) is 11.8 Å². The lowest BCUT2D eigenvalue weighted by molar-refractivity contribution is -0.118. The molecule has 2 rings (SSSR count). The predicted octanol–water partition coefficient (Wildman–Crippen LogP) is 1.15. The van der Waals surface area contributed by atoms with Crippen molar-refractivity contribution in [3.8, 4) is 5.75 Å². The number of para-hydroxylation sites is 1. The second kappa shape index (κ2) is 6.89. The number of benzene rings is 1. The van der Waals surface area contributed by atoms with Gasteiger partial charge in [0.25, 0.3) is 5.91 Å². The number of hydrazone groups is 1. The summed E-state index contributed by atoms with van der Waals surface area (Å²) in [7, 11) is 1.81. The van der Waals surface area contributed by atoms with E-state index in [1.54, 1.807) is 49.1 Å². The van der Waals surface area contributed by atoms with Crippen LogP contribution in [0.15, 0.2) is 40.9 Å². The molecule has 0 radical (unpaired) electrons. The summed E-state index contributed by atoms with van der Waals surface area (Å²) in [5.41, 5.74) is 3.56. The Kier molecular flexibility index (Phi) is 4.94. The van der Waals surface area contributed by atoms with Crippen molar-refractivity contribution >= 4 is 23.4 Å². The van der Waals surface area contributed by atoms with Gasteiger partial charge in [-0.25, -0.2) is 5.43 Å². The van der Waals surface area contributed by atoms with E-state index in [2.05, 4.69) is 20.7 Å². The van der Waals surface area contributed by atoms with Crippen LogP contribution in [0.2, 0.25) is 0 Å². The molecule has 1 amide bonds. The molecule has 0 unspecified atom stereocenters. The van der Waals surface area contributed by atoms with Crippen LogP contribution >= 0.6 is 11.8 Å². The average Bonchev–Trinajstić information content (AvgIpc) is 2.88. The van der Waals surface area contributed by atoms with E-state index < -0.39 is 0 Å². The van der Waals surface area contributed by atoms with Crippen LogP contribution in [0.5, 0.6) is 5.75 Å². The maximum atomic E-state index is 11.7. The zero-order chi connectivity index (χ0) is 15.2. The smallest absolute Gasteiger partial charge is 0.250 e. The Morgan fingerprint density at radius 3 is 2.90 bits per heavy atom. The van der Waals surface area contributed by atoms with Gasteiger partial charge in [0, 0.05) is 12.6 Å². The number of amides is 1. The number of hydrogen-bond acceptors (Lipinski definition) is 6. The SMILES string of the molecule is CC(=NNC(=O)CSc1nncn1C)c1ccccc1O. The Morgan fingerprint density at radius 1 is 1.48 bits per heavy atom. The Balaban J connectivity index is 1.90. The fourth-order valence-electron chi connectivity index (χ4n) is 1.55. The number of aryl methyl sites for hydroxylation is 1. The van der Waals surface area contributed by atoms with Crippen LogP contribution < -0.4 is 5.43 Å². The number of carbonyl (C=O) groups is 1. The lowest BCUT2D eigenvalue weighted by Gasteiger charge is -2.04. The molecule has 0 bridgehead atoms. The Labute approximate surface area is 126 Å². The van der Waals surface area contributed by atoms with Crippen molar-refractivity contribution in [2.75, 3.05) is 5.75 Å². The summed E-state index contributed by atoms with van der Waals surface area (Å²) in [5.74, 6) is 0.0589. The van der Waals surface area contributed by atoms with E-state index in [9.17, 15) is 9.90 Å². The number of hydrogen-bond donors (Lipinski definition) is 2. The third kappa shape index (κ3) is 4.06. The minimum absolute atomic E-state index is 0.126. The first-order valence-electron chi connectivity index (χ1n) is 6.16. The molecule has 0 saturated carbocycles. The number of thioether (sulfide) groups is 1. The van der Waals surface area contributed by atoms with Gasteiger partial charge in [-0.1, -0.05) is 23.9 Å². The minimum atomic E-state index is -0.252. The number of aromatic hydroxyl groups is 1. The molecule has 0 atom stereocenters. The lowest BCUT2D eigenvalue weighted by atomic mass is 10.1. The largest absolute Gasteiger partial charge is 0.507 e. The highest BCUT2D eigenvalue weighted by Crippen LogP contribution is 2.16. The topological polar surface area (TPSA) is 92.4 Å². The van der Waals surface area contributed by atoms with Crippen molar-refractivity contribution in [3.63, 3.8) is 0 Å². The third-order valence-corrected chi connectivity index (χ3v) is 3.68. The molecule has 0 aliphatic heterocycles. The van der Waals surface area contributed by atoms with E-state index in [0.29, 0.717) is 16.4 Å². The molecule has 2 N–H and O–H groups in total. The van der Waals surface area contributed by atoms with Crippen molar-refractivity contribution in [1.29, 1.82) is 0 Å². The quantitative estimate of drug-likeness (QED) is 0.491.